The number of fused-ring (bicyclic) bond motifs is 3. The van der Waals surface area contributed by atoms with E-state index in [1.807, 2.05) is 13.8 Å². The summed E-state index contributed by atoms with van der Waals surface area (Å²) in [5.74, 6) is -0.613. The average molecular weight is 370 g/mol. The van der Waals surface area contributed by atoms with Gasteiger partial charge < -0.3 is 30.3 Å². The molecule has 2 saturated carbocycles. The summed E-state index contributed by atoms with van der Waals surface area (Å²) in [6.45, 7) is 12.6. The van der Waals surface area contributed by atoms with Gasteiger partial charge in [0.25, 0.3) is 0 Å². The van der Waals surface area contributed by atoms with E-state index in [-0.39, 0.29) is 6.42 Å². The molecule has 3 unspecified atom stereocenters. The molecular formula is C20H34O6. The van der Waals surface area contributed by atoms with E-state index in [4.69, 9.17) is 4.74 Å². The van der Waals surface area contributed by atoms with Crippen molar-refractivity contribution in [2.75, 3.05) is 0 Å². The summed E-state index contributed by atoms with van der Waals surface area (Å²) < 4.78 is 6.15. The van der Waals surface area contributed by atoms with Gasteiger partial charge >= 0.3 is 0 Å². The molecule has 1 aliphatic heterocycles. The first-order chi connectivity index (χ1) is 11.7. The molecule has 3 rings (SSSR count). The molecule has 2 aliphatic carbocycles. The van der Waals surface area contributed by atoms with Crippen molar-refractivity contribution < 1.29 is 30.3 Å². The van der Waals surface area contributed by atoms with E-state index in [9.17, 15) is 25.5 Å². The lowest BCUT2D eigenvalue weighted by molar-refractivity contribution is -0.413. The predicted molar refractivity (Wildman–Crippen MR) is 96.3 cm³/mol. The minimum atomic E-state index is -1.94. The third-order valence-corrected chi connectivity index (χ3v) is 8.01. The van der Waals surface area contributed by atoms with Gasteiger partial charge in [0.1, 0.15) is 17.3 Å². The Hall–Kier alpha value is -0.500. The Morgan fingerprint density at radius 1 is 1.00 bits per heavy atom. The van der Waals surface area contributed by atoms with Crippen molar-refractivity contribution in [3.05, 3.63) is 12.7 Å². The number of rotatable bonds is 1. The van der Waals surface area contributed by atoms with Gasteiger partial charge in [-0.05, 0) is 32.1 Å². The molecule has 3 fully saturated rings. The van der Waals surface area contributed by atoms with E-state index in [0.717, 1.165) is 0 Å². The maximum absolute atomic E-state index is 12.0. The fraction of sp³-hybridized carbons (Fsp3) is 0.900. The number of aliphatic hydroxyl groups is 5. The number of hydrogen-bond donors (Lipinski definition) is 5. The van der Waals surface area contributed by atoms with Crippen LogP contribution in [0.4, 0.5) is 0 Å². The standard InChI is InChI=1S/C20H34O6/c1-7-17(4)10-12(22)20(25)18(5)11(21)8-9-16(2,3)14(18)13(23)15(24)19(20,6)26-17/h7,11-15,21-25H,1,8-10H2,2-6H3/t11-,12-,13?,14-,15?,17-,18?,19+,20-/m0/s1. The highest BCUT2D eigenvalue weighted by molar-refractivity contribution is 5.29. The van der Waals surface area contributed by atoms with Crippen LogP contribution in [-0.2, 0) is 4.74 Å². The number of ether oxygens (including phenoxy) is 1. The Bertz CT molecular complexity index is 607. The van der Waals surface area contributed by atoms with E-state index in [1.165, 1.54) is 13.0 Å². The molecule has 0 aromatic carbocycles. The summed E-state index contributed by atoms with van der Waals surface area (Å²) in [6, 6.07) is 0. The molecule has 9 atom stereocenters. The van der Waals surface area contributed by atoms with E-state index >= 15 is 0 Å². The molecule has 0 radical (unpaired) electrons. The highest BCUT2D eigenvalue weighted by atomic mass is 16.6. The Morgan fingerprint density at radius 3 is 2.12 bits per heavy atom. The lowest BCUT2D eigenvalue weighted by Gasteiger charge is -2.72. The maximum atomic E-state index is 12.0. The SMILES string of the molecule is C=C[C@@]1(C)C[C@H](O)[C@]2(O)C3(C)[C@@H](O)CCC(C)(C)[C@@H]3C(O)C(O)[C@@]2(C)O1. The monoisotopic (exact) mass is 370 g/mol. The van der Waals surface area contributed by atoms with Gasteiger partial charge in [-0.25, -0.2) is 0 Å². The molecule has 150 valence electrons. The van der Waals surface area contributed by atoms with Gasteiger partial charge in [-0.3, -0.25) is 0 Å². The lowest BCUT2D eigenvalue weighted by Crippen LogP contribution is -2.87. The van der Waals surface area contributed by atoms with E-state index in [0.29, 0.717) is 12.8 Å². The summed E-state index contributed by atoms with van der Waals surface area (Å²) in [5, 5.41) is 56.2. The topological polar surface area (TPSA) is 110 Å². The van der Waals surface area contributed by atoms with Crippen molar-refractivity contribution >= 4 is 0 Å². The van der Waals surface area contributed by atoms with Crippen LogP contribution < -0.4 is 0 Å². The predicted octanol–water partition coefficient (Wildman–Crippen LogP) is 0.741. The van der Waals surface area contributed by atoms with Crippen LogP contribution in [0, 0.1) is 16.7 Å². The van der Waals surface area contributed by atoms with E-state index in [1.54, 1.807) is 13.8 Å². The van der Waals surface area contributed by atoms with Crippen LogP contribution in [0.2, 0.25) is 0 Å². The highest BCUT2D eigenvalue weighted by Gasteiger charge is 2.79. The van der Waals surface area contributed by atoms with Gasteiger partial charge in [0, 0.05) is 17.8 Å². The van der Waals surface area contributed by atoms with Crippen LogP contribution in [0.25, 0.3) is 0 Å². The smallest absolute Gasteiger partial charge is 0.130 e. The van der Waals surface area contributed by atoms with Crippen LogP contribution in [0.3, 0.4) is 0 Å². The van der Waals surface area contributed by atoms with Crippen molar-refractivity contribution in [1.29, 1.82) is 0 Å². The van der Waals surface area contributed by atoms with Gasteiger partial charge in [-0.1, -0.05) is 26.8 Å². The summed E-state index contributed by atoms with van der Waals surface area (Å²) in [4.78, 5) is 0. The summed E-state index contributed by atoms with van der Waals surface area (Å²) in [5.41, 5.74) is -6.29. The first-order valence-electron chi connectivity index (χ1n) is 9.50. The second-order valence-corrected chi connectivity index (χ2v) is 9.95. The van der Waals surface area contributed by atoms with Crippen molar-refractivity contribution in [3.8, 4) is 0 Å². The Kier molecular flexibility index (Phi) is 4.30. The largest absolute Gasteiger partial charge is 0.392 e. The Morgan fingerprint density at radius 2 is 1.58 bits per heavy atom. The number of hydrogen-bond acceptors (Lipinski definition) is 6. The van der Waals surface area contributed by atoms with Gasteiger partial charge in [0.2, 0.25) is 0 Å². The summed E-state index contributed by atoms with van der Waals surface area (Å²) in [6.07, 6.45) is -2.14. The molecule has 6 heteroatoms. The molecule has 26 heavy (non-hydrogen) atoms. The van der Waals surface area contributed by atoms with Gasteiger partial charge in [0.15, 0.2) is 0 Å². The molecule has 0 amide bonds. The van der Waals surface area contributed by atoms with Crippen LogP contribution in [0.5, 0.6) is 0 Å². The first kappa shape index (κ1) is 20.2. The van der Waals surface area contributed by atoms with E-state index in [2.05, 4.69) is 6.58 Å². The minimum absolute atomic E-state index is 0.0842. The zero-order chi connectivity index (χ0) is 19.9. The van der Waals surface area contributed by atoms with Crippen LogP contribution in [0.15, 0.2) is 12.7 Å². The van der Waals surface area contributed by atoms with Crippen LogP contribution in [0.1, 0.15) is 53.9 Å². The zero-order valence-corrected chi connectivity index (χ0v) is 16.4. The molecule has 3 aliphatic rings. The molecule has 5 N–H and O–H groups in total. The average Bonchev–Trinajstić information content (AvgIpc) is 2.54. The maximum Gasteiger partial charge on any atom is 0.130 e. The zero-order valence-electron chi connectivity index (χ0n) is 16.4. The number of aliphatic hydroxyl groups excluding tert-OH is 4. The Balaban J connectivity index is 2.27. The lowest BCUT2D eigenvalue weighted by atomic mass is 9.39. The Labute approximate surface area is 155 Å². The van der Waals surface area contributed by atoms with Gasteiger partial charge in [-0.15, -0.1) is 6.58 Å². The second-order valence-electron chi connectivity index (χ2n) is 9.95. The fourth-order valence-electron chi connectivity index (χ4n) is 6.57. The fourth-order valence-corrected chi connectivity index (χ4v) is 6.57. The molecule has 0 bridgehead atoms. The minimum Gasteiger partial charge on any atom is -0.392 e. The van der Waals surface area contributed by atoms with Crippen molar-refractivity contribution in [3.63, 3.8) is 0 Å². The third-order valence-electron chi connectivity index (χ3n) is 8.01. The molecule has 6 nitrogen and oxygen atoms in total. The van der Waals surface area contributed by atoms with Crippen molar-refractivity contribution in [2.24, 2.45) is 16.7 Å². The second kappa shape index (κ2) is 5.52. The highest BCUT2D eigenvalue weighted by Crippen LogP contribution is 2.67. The van der Waals surface area contributed by atoms with E-state index < -0.39 is 58.0 Å². The van der Waals surface area contributed by atoms with Gasteiger partial charge in [-0.2, -0.15) is 0 Å². The summed E-state index contributed by atoms with van der Waals surface area (Å²) >= 11 is 0. The normalized spacial score (nSPS) is 59.2. The van der Waals surface area contributed by atoms with Crippen molar-refractivity contribution in [2.45, 2.75) is 95.1 Å². The molecule has 0 aromatic heterocycles. The molecule has 0 spiro atoms. The van der Waals surface area contributed by atoms with Gasteiger partial charge in [0.05, 0.1) is 23.9 Å². The molecule has 1 heterocycles. The summed E-state index contributed by atoms with van der Waals surface area (Å²) in [7, 11) is 0. The van der Waals surface area contributed by atoms with Crippen LogP contribution >= 0.6 is 0 Å². The van der Waals surface area contributed by atoms with Crippen molar-refractivity contribution in [1.82, 2.24) is 0 Å². The first-order valence-corrected chi connectivity index (χ1v) is 9.50. The van der Waals surface area contributed by atoms with Crippen LogP contribution in [-0.4, -0.2) is 66.8 Å². The molecule has 0 aromatic rings. The quantitative estimate of drug-likeness (QED) is 0.436. The third kappa shape index (κ3) is 2.09. The molecular weight excluding hydrogens is 336 g/mol. The molecule has 1 saturated heterocycles.